The van der Waals surface area contributed by atoms with Crippen LogP contribution < -0.4 is 11.3 Å². The second-order valence-electron chi connectivity index (χ2n) is 6.82. The Morgan fingerprint density at radius 3 is 2.57 bits per heavy atom. The summed E-state index contributed by atoms with van der Waals surface area (Å²) in [5.74, 6) is 0.140. The van der Waals surface area contributed by atoms with E-state index >= 15 is 0 Å². The van der Waals surface area contributed by atoms with Gasteiger partial charge in [0.1, 0.15) is 24.1 Å². The number of hydrogen-bond acceptors (Lipinski definition) is 8. The number of nitrogens with zero attached hydrogens (tertiary/aromatic N) is 3. The van der Waals surface area contributed by atoms with Gasteiger partial charge in [0.25, 0.3) is 5.56 Å². The van der Waals surface area contributed by atoms with Crippen LogP contribution in [0.3, 0.4) is 0 Å². The number of anilines is 1. The second kappa shape index (κ2) is 8.20. The van der Waals surface area contributed by atoms with Crippen molar-refractivity contribution in [1.82, 2.24) is 19.5 Å². The molecule has 1 saturated heterocycles. The van der Waals surface area contributed by atoms with Crippen LogP contribution in [0.1, 0.15) is 17.6 Å². The van der Waals surface area contributed by atoms with Gasteiger partial charge in [-0.3, -0.25) is 14.3 Å². The van der Waals surface area contributed by atoms with Crippen LogP contribution in [0.2, 0.25) is 0 Å². The number of aromatic nitrogens is 4. The van der Waals surface area contributed by atoms with Gasteiger partial charge in [0, 0.05) is 0 Å². The minimum Gasteiger partial charge on any atom is -0.394 e. The Bertz CT molecular complexity index is 1150. The fraction of sp³-hybridized carbons (Fsp3) is 0.250. The van der Waals surface area contributed by atoms with Gasteiger partial charge in [-0.15, -0.1) is 0 Å². The van der Waals surface area contributed by atoms with Gasteiger partial charge in [-0.2, -0.15) is 4.98 Å². The number of nitrogens with one attached hydrogen (secondary N) is 1. The van der Waals surface area contributed by atoms with Crippen molar-refractivity contribution in [1.29, 1.82) is 0 Å². The van der Waals surface area contributed by atoms with Crippen molar-refractivity contribution >= 4 is 29.3 Å². The SMILES string of the molecule is Nc1nc2c(nc(C=CC=Cc3ccccc3)n2[C@@H]2O[C@H](CO)[C@@H](O)[C@H]2O)c(=O)[nH]1. The van der Waals surface area contributed by atoms with Crippen molar-refractivity contribution in [2.24, 2.45) is 0 Å². The lowest BCUT2D eigenvalue weighted by molar-refractivity contribution is -0.0513. The third-order valence-corrected chi connectivity index (χ3v) is 4.81. The fourth-order valence-corrected chi connectivity index (χ4v) is 3.35. The van der Waals surface area contributed by atoms with Gasteiger partial charge in [0.15, 0.2) is 17.4 Å². The van der Waals surface area contributed by atoms with Crippen LogP contribution in [0.25, 0.3) is 23.3 Å². The maximum atomic E-state index is 12.3. The van der Waals surface area contributed by atoms with E-state index in [9.17, 15) is 20.1 Å². The molecule has 0 aliphatic carbocycles. The number of fused-ring (bicyclic) bond motifs is 1. The molecule has 30 heavy (non-hydrogen) atoms. The third kappa shape index (κ3) is 3.64. The molecule has 6 N–H and O–H groups in total. The van der Waals surface area contributed by atoms with E-state index < -0.39 is 36.7 Å². The topological polar surface area (TPSA) is 160 Å². The first-order chi connectivity index (χ1) is 14.5. The van der Waals surface area contributed by atoms with E-state index in [0.717, 1.165) is 5.56 Å². The molecule has 10 nitrogen and oxygen atoms in total. The van der Waals surface area contributed by atoms with Gasteiger partial charge in [-0.25, -0.2) is 4.98 Å². The number of benzene rings is 1. The lowest BCUT2D eigenvalue weighted by Crippen LogP contribution is -2.33. The normalized spacial score (nSPS) is 24.5. The molecule has 4 atom stereocenters. The molecular formula is C20H21N5O5. The summed E-state index contributed by atoms with van der Waals surface area (Å²) in [4.78, 5) is 23.1. The highest BCUT2D eigenvalue weighted by Gasteiger charge is 2.44. The molecule has 0 unspecified atom stereocenters. The van der Waals surface area contributed by atoms with E-state index in [1.165, 1.54) is 4.57 Å². The summed E-state index contributed by atoms with van der Waals surface area (Å²) in [5, 5.41) is 30.0. The molecule has 3 heterocycles. The smallest absolute Gasteiger partial charge is 0.280 e. The summed E-state index contributed by atoms with van der Waals surface area (Å²) in [5.41, 5.74) is 6.24. The lowest BCUT2D eigenvalue weighted by atomic mass is 10.1. The zero-order chi connectivity index (χ0) is 21.3. The van der Waals surface area contributed by atoms with Gasteiger partial charge in [-0.1, -0.05) is 48.6 Å². The fourth-order valence-electron chi connectivity index (χ4n) is 3.35. The first-order valence-electron chi connectivity index (χ1n) is 9.29. The molecule has 0 radical (unpaired) electrons. The Labute approximate surface area is 170 Å². The third-order valence-electron chi connectivity index (χ3n) is 4.81. The van der Waals surface area contributed by atoms with Crippen LogP contribution in [-0.2, 0) is 4.74 Å². The van der Waals surface area contributed by atoms with E-state index in [4.69, 9.17) is 10.5 Å². The molecule has 2 aromatic heterocycles. The van der Waals surface area contributed by atoms with Crippen LogP contribution in [0, 0.1) is 0 Å². The number of nitrogens with two attached hydrogens (primary N) is 1. The number of allylic oxidation sites excluding steroid dienone is 2. The van der Waals surface area contributed by atoms with Gasteiger partial charge < -0.3 is 25.8 Å². The zero-order valence-corrected chi connectivity index (χ0v) is 15.8. The van der Waals surface area contributed by atoms with Crippen molar-refractivity contribution in [3.8, 4) is 0 Å². The summed E-state index contributed by atoms with van der Waals surface area (Å²) < 4.78 is 7.00. The highest BCUT2D eigenvalue weighted by Crippen LogP contribution is 2.32. The number of H-pyrrole nitrogens is 1. The van der Waals surface area contributed by atoms with Crippen molar-refractivity contribution in [3.05, 3.63) is 64.2 Å². The maximum Gasteiger partial charge on any atom is 0.280 e. The molecule has 1 fully saturated rings. The molecule has 0 spiro atoms. The Morgan fingerprint density at radius 2 is 1.87 bits per heavy atom. The Kier molecular flexibility index (Phi) is 5.46. The average molecular weight is 411 g/mol. The Morgan fingerprint density at radius 1 is 1.13 bits per heavy atom. The van der Waals surface area contributed by atoms with E-state index in [2.05, 4.69) is 15.0 Å². The quantitative estimate of drug-likeness (QED) is 0.368. The summed E-state index contributed by atoms with van der Waals surface area (Å²) in [6.45, 7) is -0.484. The monoisotopic (exact) mass is 411 g/mol. The molecular weight excluding hydrogens is 390 g/mol. The molecule has 1 aliphatic rings. The van der Waals surface area contributed by atoms with E-state index in [1.807, 2.05) is 36.4 Å². The number of rotatable bonds is 5. The molecule has 4 rings (SSSR count). The van der Waals surface area contributed by atoms with Crippen molar-refractivity contribution in [2.75, 3.05) is 12.3 Å². The van der Waals surface area contributed by atoms with Crippen LogP contribution in [0.15, 0.2) is 47.3 Å². The zero-order valence-electron chi connectivity index (χ0n) is 15.8. The molecule has 3 aromatic rings. The van der Waals surface area contributed by atoms with Crippen molar-refractivity contribution in [2.45, 2.75) is 24.5 Å². The largest absolute Gasteiger partial charge is 0.394 e. The van der Waals surface area contributed by atoms with Gasteiger partial charge in [0.2, 0.25) is 5.95 Å². The summed E-state index contributed by atoms with van der Waals surface area (Å²) in [6, 6.07) is 9.67. The predicted octanol–water partition coefficient (Wildman–Crippen LogP) is 0.0399. The first kappa shape index (κ1) is 20.0. The van der Waals surface area contributed by atoms with E-state index in [1.54, 1.807) is 18.2 Å². The van der Waals surface area contributed by atoms with Crippen molar-refractivity contribution in [3.63, 3.8) is 0 Å². The number of aliphatic hydroxyl groups is 3. The molecule has 1 aliphatic heterocycles. The molecule has 1 aromatic carbocycles. The molecule has 156 valence electrons. The van der Waals surface area contributed by atoms with Crippen molar-refractivity contribution < 1.29 is 20.1 Å². The summed E-state index contributed by atoms with van der Waals surface area (Å²) in [7, 11) is 0. The van der Waals surface area contributed by atoms with Crippen LogP contribution in [-0.4, -0.2) is 59.8 Å². The van der Waals surface area contributed by atoms with Crippen LogP contribution in [0.5, 0.6) is 0 Å². The van der Waals surface area contributed by atoms with Gasteiger partial charge >= 0.3 is 0 Å². The standard InChI is InChI=1S/C20H21N5O5/c21-20-23-17-14(18(29)24-20)22-13(9-5-4-8-11-6-2-1-3-7-11)25(17)19-16(28)15(27)12(10-26)30-19/h1-9,12,15-16,19,26-28H,10H2,(H3,21,23,24,29)/t12-,15-,16-,19-/m1/s1. The average Bonchev–Trinajstić information content (AvgIpc) is 3.23. The van der Waals surface area contributed by atoms with Gasteiger partial charge in [0.05, 0.1) is 6.61 Å². The Balaban J connectivity index is 1.76. The van der Waals surface area contributed by atoms with E-state index in [0.29, 0.717) is 0 Å². The van der Waals surface area contributed by atoms with Crippen LogP contribution >= 0.6 is 0 Å². The molecule has 10 heteroatoms. The number of hydrogen-bond donors (Lipinski definition) is 5. The predicted molar refractivity (Wildman–Crippen MR) is 110 cm³/mol. The highest BCUT2D eigenvalue weighted by atomic mass is 16.6. The minimum absolute atomic E-state index is 0.00799. The number of imidazole rings is 1. The Hall–Kier alpha value is -3.31. The van der Waals surface area contributed by atoms with Crippen LogP contribution in [0.4, 0.5) is 5.95 Å². The number of ether oxygens (including phenoxy) is 1. The molecule has 0 amide bonds. The van der Waals surface area contributed by atoms with E-state index in [-0.39, 0.29) is 22.9 Å². The summed E-state index contributed by atoms with van der Waals surface area (Å²) in [6.07, 6.45) is 2.22. The molecule has 0 bridgehead atoms. The van der Waals surface area contributed by atoms with Gasteiger partial charge in [-0.05, 0) is 11.6 Å². The lowest BCUT2D eigenvalue weighted by Gasteiger charge is -2.18. The minimum atomic E-state index is -1.37. The maximum absolute atomic E-state index is 12.3. The highest BCUT2D eigenvalue weighted by molar-refractivity contribution is 5.74. The second-order valence-corrected chi connectivity index (χ2v) is 6.82. The number of nitrogen functional groups attached to an aromatic ring is 1. The first-order valence-corrected chi connectivity index (χ1v) is 9.29. The number of aliphatic hydroxyl groups excluding tert-OH is 3. The molecule has 0 saturated carbocycles. The number of aromatic amines is 1. The summed E-state index contributed by atoms with van der Waals surface area (Å²) >= 11 is 0.